The fourth-order valence-corrected chi connectivity index (χ4v) is 4.92. The number of anilines is 6. The predicted molar refractivity (Wildman–Crippen MR) is 202 cm³/mol. The Morgan fingerprint density at radius 2 is 0.653 bits per heavy atom. The van der Waals surface area contributed by atoms with Gasteiger partial charge in [0.25, 0.3) is 0 Å². The lowest BCUT2D eigenvalue weighted by Gasteiger charge is -2.25. The second kappa shape index (κ2) is 18.9. The highest BCUT2D eigenvalue weighted by molar-refractivity contribution is 5.82. The standard InChI is InChI=1S/C20H19NO2.C20H15NO2.C3H8/c1-22-19-12-8-17(9-13-19)21(16-6-4-3-5-7-16)18-10-14-20(23-2)15-11-18;22-14-16-6-10-19(11-7-16)21(18-4-2-1-3-5-18)20-12-8-17(15-23)9-13-20;1-3-2/h3-15H,1-2H3;1-15H;3H2,1-2H3. The first-order valence-electron chi connectivity index (χ1n) is 16.1. The maximum absolute atomic E-state index is 10.9. The van der Waals surface area contributed by atoms with E-state index in [1.165, 1.54) is 6.42 Å². The van der Waals surface area contributed by atoms with E-state index < -0.39 is 0 Å². The fraction of sp³-hybridized carbons (Fsp3) is 0.116. The molecule has 6 rings (SSSR count). The predicted octanol–water partition coefficient (Wildman–Crippen LogP) is 11.4. The normalized spacial score (nSPS) is 9.88. The maximum Gasteiger partial charge on any atom is 0.150 e. The summed E-state index contributed by atoms with van der Waals surface area (Å²) in [7, 11) is 3.35. The topological polar surface area (TPSA) is 59.1 Å². The van der Waals surface area contributed by atoms with Crippen molar-refractivity contribution in [3.63, 3.8) is 0 Å². The van der Waals surface area contributed by atoms with E-state index in [1.54, 1.807) is 38.5 Å². The van der Waals surface area contributed by atoms with E-state index in [0.717, 1.165) is 58.2 Å². The van der Waals surface area contributed by atoms with Crippen molar-refractivity contribution in [2.45, 2.75) is 20.3 Å². The van der Waals surface area contributed by atoms with Crippen molar-refractivity contribution in [3.05, 3.63) is 169 Å². The first-order valence-corrected chi connectivity index (χ1v) is 16.1. The Kier molecular flexibility index (Phi) is 13.8. The minimum absolute atomic E-state index is 0.637. The van der Waals surface area contributed by atoms with Gasteiger partial charge in [0.15, 0.2) is 0 Å². The molecule has 0 N–H and O–H groups in total. The molecule has 6 nitrogen and oxygen atoms in total. The van der Waals surface area contributed by atoms with Crippen LogP contribution in [0.4, 0.5) is 34.1 Å². The highest BCUT2D eigenvalue weighted by Gasteiger charge is 2.13. The van der Waals surface area contributed by atoms with Gasteiger partial charge in [0.1, 0.15) is 24.1 Å². The van der Waals surface area contributed by atoms with Crippen LogP contribution >= 0.6 is 0 Å². The Hall–Kier alpha value is -6.14. The molecule has 0 radical (unpaired) electrons. The molecule has 6 aromatic rings. The summed E-state index contributed by atoms with van der Waals surface area (Å²) in [6.45, 7) is 4.25. The Morgan fingerprint density at radius 1 is 0.408 bits per heavy atom. The van der Waals surface area contributed by atoms with Crippen molar-refractivity contribution in [1.82, 2.24) is 0 Å². The summed E-state index contributed by atoms with van der Waals surface area (Å²) >= 11 is 0. The molecule has 0 saturated heterocycles. The van der Waals surface area contributed by atoms with Crippen molar-refractivity contribution in [1.29, 1.82) is 0 Å². The molecule has 248 valence electrons. The van der Waals surface area contributed by atoms with Gasteiger partial charge in [0.05, 0.1) is 14.2 Å². The molecule has 0 fully saturated rings. The molecule has 0 amide bonds. The van der Waals surface area contributed by atoms with Crippen LogP contribution in [-0.4, -0.2) is 26.8 Å². The van der Waals surface area contributed by atoms with Crippen molar-refractivity contribution < 1.29 is 19.1 Å². The first kappa shape index (κ1) is 35.7. The van der Waals surface area contributed by atoms with Gasteiger partial charge < -0.3 is 19.3 Å². The summed E-state index contributed by atoms with van der Waals surface area (Å²) in [6.07, 6.45) is 2.91. The number of aldehydes is 2. The monoisotopic (exact) mass is 650 g/mol. The molecular formula is C43H42N2O4. The number of methoxy groups -OCH3 is 2. The van der Waals surface area contributed by atoms with E-state index in [1.807, 2.05) is 97.1 Å². The first-order chi connectivity index (χ1) is 24.0. The number of carbonyl (C=O) groups is 2. The number of ether oxygens (including phenoxy) is 2. The van der Waals surface area contributed by atoms with Crippen LogP contribution in [0.1, 0.15) is 41.0 Å². The lowest BCUT2D eigenvalue weighted by atomic mass is 10.1. The Labute approximate surface area is 289 Å². The third-order valence-corrected chi connectivity index (χ3v) is 7.26. The molecule has 0 atom stereocenters. The number of carbonyl (C=O) groups excluding carboxylic acids is 2. The van der Waals surface area contributed by atoms with E-state index in [2.05, 4.69) is 60.0 Å². The molecule has 0 aromatic heterocycles. The van der Waals surface area contributed by atoms with Crippen molar-refractivity contribution >= 4 is 46.7 Å². The maximum atomic E-state index is 10.9. The van der Waals surface area contributed by atoms with Gasteiger partial charge in [-0.3, -0.25) is 9.59 Å². The van der Waals surface area contributed by atoms with Crippen LogP contribution in [0.3, 0.4) is 0 Å². The van der Waals surface area contributed by atoms with E-state index in [9.17, 15) is 9.59 Å². The number of benzene rings is 6. The number of hydrogen-bond acceptors (Lipinski definition) is 6. The highest BCUT2D eigenvalue weighted by Crippen LogP contribution is 2.36. The lowest BCUT2D eigenvalue weighted by Crippen LogP contribution is -2.09. The Balaban J connectivity index is 0.000000205. The minimum atomic E-state index is 0.637. The third-order valence-electron chi connectivity index (χ3n) is 7.26. The summed E-state index contributed by atoms with van der Waals surface area (Å²) in [5.74, 6) is 1.69. The van der Waals surface area contributed by atoms with Gasteiger partial charge in [-0.2, -0.15) is 0 Å². The molecule has 0 heterocycles. The van der Waals surface area contributed by atoms with Gasteiger partial charge in [-0.15, -0.1) is 0 Å². The van der Waals surface area contributed by atoms with Gasteiger partial charge in [0, 0.05) is 45.3 Å². The van der Waals surface area contributed by atoms with Crippen LogP contribution in [-0.2, 0) is 0 Å². The quantitative estimate of drug-likeness (QED) is 0.138. The zero-order valence-corrected chi connectivity index (χ0v) is 28.4. The summed E-state index contributed by atoms with van der Waals surface area (Å²) in [5, 5.41) is 0. The molecule has 6 aromatic carbocycles. The van der Waals surface area contributed by atoms with Crippen molar-refractivity contribution in [3.8, 4) is 11.5 Å². The molecular weight excluding hydrogens is 608 g/mol. The zero-order chi connectivity index (χ0) is 34.8. The van der Waals surface area contributed by atoms with E-state index in [4.69, 9.17) is 9.47 Å². The molecule has 49 heavy (non-hydrogen) atoms. The zero-order valence-electron chi connectivity index (χ0n) is 28.4. The van der Waals surface area contributed by atoms with Crippen LogP contribution in [0.2, 0.25) is 0 Å². The van der Waals surface area contributed by atoms with Crippen LogP contribution in [0, 0.1) is 0 Å². The SMILES string of the molecule is CCC.COc1ccc(N(c2ccccc2)c2ccc(OC)cc2)cc1.O=Cc1ccc(N(c2ccccc2)c2ccc(C=O)cc2)cc1. The number of para-hydroxylation sites is 2. The third kappa shape index (κ3) is 9.92. The molecule has 0 spiro atoms. The number of hydrogen-bond donors (Lipinski definition) is 0. The van der Waals surface area contributed by atoms with E-state index >= 15 is 0 Å². The van der Waals surface area contributed by atoms with Crippen molar-refractivity contribution in [2.24, 2.45) is 0 Å². The van der Waals surface area contributed by atoms with Crippen LogP contribution in [0.25, 0.3) is 0 Å². The summed E-state index contributed by atoms with van der Waals surface area (Å²) in [4.78, 5) is 26.0. The van der Waals surface area contributed by atoms with E-state index in [0.29, 0.717) is 11.1 Å². The van der Waals surface area contributed by atoms with Gasteiger partial charge in [-0.1, -0.05) is 56.7 Å². The summed E-state index contributed by atoms with van der Waals surface area (Å²) < 4.78 is 10.5. The van der Waals surface area contributed by atoms with Gasteiger partial charge in [-0.25, -0.2) is 0 Å². The molecule has 0 bridgehead atoms. The average molecular weight is 651 g/mol. The van der Waals surface area contributed by atoms with Crippen LogP contribution in [0.5, 0.6) is 11.5 Å². The molecule has 0 unspecified atom stereocenters. The smallest absolute Gasteiger partial charge is 0.150 e. The number of nitrogens with zero attached hydrogens (tertiary/aromatic N) is 2. The van der Waals surface area contributed by atoms with Crippen LogP contribution in [0.15, 0.2) is 158 Å². The van der Waals surface area contributed by atoms with Crippen LogP contribution < -0.4 is 19.3 Å². The second-order valence-electron chi connectivity index (χ2n) is 10.9. The van der Waals surface area contributed by atoms with Crippen molar-refractivity contribution in [2.75, 3.05) is 24.0 Å². The average Bonchev–Trinajstić information content (AvgIpc) is 3.17. The Bertz CT molecular complexity index is 1730. The summed E-state index contributed by atoms with van der Waals surface area (Å²) in [5.41, 5.74) is 7.41. The molecule has 0 aliphatic heterocycles. The second-order valence-corrected chi connectivity index (χ2v) is 10.9. The molecule has 0 saturated carbocycles. The van der Waals surface area contributed by atoms with E-state index in [-0.39, 0.29) is 0 Å². The highest BCUT2D eigenvalue weighted by atomic mass is 16.5. The fourth-order valence-electron chi connectivity index (χ4n) is 4.92. The molecule has 6 heteroatoms. The molecule has 0 aliphatic carbocycles. The largest absolute Gasteiger partial charge is 0.497 e. The Morgan fingerprint density at radius 3 is 0.898 bits per heavy atom. The minimum Gasteiger partial charge on any atom is -0.497 e. The van der Waals surface area contributed by atoms with Gasteiger partial charge >= 0.3 is 0 Å². The molecule has 0 aliphatic rings. The van der Waals surface area contributed by atoms with Gasteiger partial charge in [-0.05, 0) is 121 Å². The summed E-state index contributed by atoms with van der Waals surface area (Å²) in [6, 6.07) is 51.1. The lowest BCUT2D eigenvalue weighted by molar-refractivity contribution is 0.111. The number of rotatable bonds is 10. The van der Waals surface area contributed by atoms with Gasteiger partial charge in [0.2, 0.25) is 0 Å².